The highest BCUT2D eigenvalue weighted by Gasteiger charge is 2.27. The second-order valence-electron chi connectivity index (χ2n) is 5.24. The predicted molar refractivity (Wildman–Crippen MR) is 84.5 cm³/mol. The van der Waals surface area contributed by atoms with Crippen LogP contribution < -0.4 is 4.72 Å². The zero-order valence-electron chi connectivity index (χ0n) is 12.9. The molecule has 0 fully saturated rings. The molecule has 2 aromatic rings. The molecule has 0 bridgehead atoms. The Morgan fingerprint density at radius 3 is 2.52 bits per heavy atom. The molecule has 124 valence electrons. The second kappa shape index (κ2) is 6.93. The summed E-state index contributed by atoms with van der Waals surface area (Å²) >= 11 is 0. The number of imidazole rings is 1. The van der Waals surface area contributed by atoms with Crippen LogP contribution in [0.25, 0.3) is 0 Å². The predicted octanol–water partition coefficient (Wildman–Crippen LogP) is 1.09. The van der Waals surface area contributed by atoms with Gasteiger partial charge in [-0.25, -0.2) is 13.4 Å². The van der Waals surface area contributed by atoms with Gasteiger partial charge in [-0.2, -0.15) is 4.72 Å². The summed E-state index contributed by atoms with van der Waals surface area (Å²) in [5.41, 5.74) is 0.953. The maximum absolute atomic E-state index is 12.4. The number of nitrogens with zero attached hydrogens (tertiary/aromatic N) is 2. The van der Waals surface area contributed by atoms with Gasteiger partial charge in [-0.15, -0.1) is 0 Å². The van der Waals surface area contributed by atoms with Crippen molar-refractivity contribution in [3.05, 3.63) is 47.9 Å². The molecule has 23 heavy (non-hydrogen) atoms. The number of aromatic nitrogens is 2. The van der Waals surface area contributed by atoms with Gasteiger partial charge in [-0.1, -0.05) is 30.3 Å². The average molecular weight is 337 g/mol. The third-order valence-electron chi connectivity index (χ3n) is 3.61. The highest BCUT2D eigenvalue weighted by Crippen LogP contribution is 2.12. The maximum Gasteiger partial charge on any atom is 0.321 e. The zero-order valence-corrected chi connectivity index (χ0v) is 13.7. The van der Waals surface area contributed by atoms with Crippen LogP contribution in [0.2, 0.25) is 0 Å². The minimum absolute atomic E-state index is 0.0547. The van der Waals surface area contributed by atoms with E-state index in [2.05, 4.69) is 9.71 Å². The molecule has 2 rings (SSSR count). The SMILES string of the molecule is Cc1ncc(S(=O)(=O)N[C@@H](CCc2ccccc2)C(=O)O)n1C. The van der Waals surface area contributed by atoms with Crippen molar-refractivity contribution in [2.75, 3.05) is 0 Å². The molecule has 0 saturated heterocycles. The first-order valence-corrected chi connectivity index (χ1v) is 8.57. The van der Waals surface area contributed by atoms with Gasteiger partial charge in [0.05, 0.1) is 6.20 Å². The standard InChI is InChI=1S/C15H19N3O4S/c1-11-16-10-14(18(11)2)23(21,22)17-13(15(19)20)9-8-12-6-4-3-5-7-12/h3-7,10,13,17H,8-9H2,1-2H3,(H,19,20)/t13-/m0/s1. The summed E-state index contributed by atoms with van der Waals surface area (Å²) in [6.07, 6.45) is 1.84. The van der Waals surface area contributed by atoms with E-state index in [1.807, 2.05) is 30.3 Å². The smallest absolute Gasteiger partial charge is 0.321 e. The van der Waals surface area contributed by atoms with Crippen LogP contribution in [0.3, 0.4) is 0 Å². The fourth-order valence-corrected chi connectivity index (χ4v) is 3.57. The molecule has 1 aromatic heterocycles. The Hall–Kier alpha value is -2.19. The summed E-state index contributed by atoms with van der Waals surface area (Å²) in [6, 6.07) is 8.12. The minimum Gasteiger partial charge on any atom is -0.480 e. The summed E-state index contributed by atoms with van der Waals surface area (Å²) in [6.45, 7) is 1.67. The number of nitrogens with one attached hydrogen (secondary N) is 1. The number of benzene rings is 1. The molecule has 8 heteroatoms. The number of carboxylic acids is 1. The third kappa shape index (κ3) is 4.17. The average Bonchev–Trinajstić information content (AvgIpc) is 2.85. The van der Waals surface area contributed by atoms with Crippen LogP contribution in [0.15, 0.2) is 41.6 Å². The molecule has 0 aliphatic rings. The van der Waals surface area contributed by atoms with Gasteiger partial charge in [-0.05, 0) is 25.3 Å². The number of aliphatic carboxylic acids is 1. The summed E-state index contributed by atoms with van der Waals surface area (Å²) in [5, 5.41) is 9.23. The van der Waals surface area contributed by atoms with Crippen LogP contribution >= 0.6 is 0 Å². The van der Waals surface area contributed by atoms with E-state index in [-0.39, 0.29) is 11.4 Å². The number of aryl methyl sites for hydroxylation is 2. The molecule has 0 amide bonds. The van der Waals surface area contributed by atoms with Crippen molar-refractivity contribution in [1.82, 2.24) is 14.3 Å². The molecule has 2 N–H and O–H groups in total. The topological polar surface area (TPSA) is 101 Å². The second-order valence-corrected chi connectivity index (χ2v) is 6.90. The van der Waals surface area contributed by atoms with Gasteiger partial charge in [0.25, 0.3) is 10.0 Å². The maximum atomic E-state index is 12.4. The highest BCUT2D eigenvalue weighted by atomic mass is 32.2. The van der Waals surface area contributed by atoms with Gasteiger partial charge in [0.2, 0.25) is 0 Å². The number of sulfonamides is 1. The third-order valence-corrected chi connectivity index (χ3v) is 5.14. The summed E-state index contributed by atoms with van der Waals surface area (Å²) in [5.74, 6) is -0.676. The number of carbonyl (C=O) groups is 1. The van der Waals surface area contributed by atoms with Crippen molar-refractivity contribution < 1.29 is 18.3 Å². The van der Waals surface area contributed by atoms with Gasteiger partial charge < -0.3 is 9.67 Å². The first-order chi connectivity index (χ1) is 10.8. The Balaban J connectivity index is 2.13. The molecule has 1 aromatic carbocycles. The van der Waals surface area contributed by atoms with Gasteiger partial charge in [0, 0.05) is 7.05 Å². The molecule has 0 aliphatic carbocycles. The van der Waals surface area contributed by atoms with Crippen LogP contribution in [0, 0.1) is 6.92 Å². The highest BCUT2D eigenvalue weighted by molar-refractivity contribution is 7.89. The summed E-state index contributed by atoms with van der Waals surface area (Å²) in [7, 11) is -2.38. The Kier molecular flexibility index (Phi) is 5.17. The van der Waals surface area contributed by atoms with E-state index in [9.17, 15) is 18.3 Å². The van der Waals surface area contributed by atoms with E-state index >= 15 is 0 Å². The van der Waals surface area contributed by atoms with Crippen molar-refractivity contribution in [3.8, 4) is 0 Å². The first kappa shape index (κ1) is 17.2. The minimum atomic E-state index is -3.95. The Morgan fingerprint density at radius 2 is 2.00 bits per heavy atom. The number of hydrogen-bond donors (Lipinski definition) is 2. The molecule has 1 atom stereocenters. The molecular weight excluding hydrogens is 318 g/mol. The van der Waals surface area contributed by atoms with Gasteiger partial charge in [-0.3, -0.25) is 4.79 Å². The van der Waals surface area contributed by atoms with Gasteiger partial charge in [0.1, 0.15) is 11.9 Å². The van der Waals surface area contributed by atoms with E-state index < -0.39 is 22.0 Å². The monoisotopic (exact) mass is 337 g/mol. The quantitative estimate of drug-likeness (QED) is 0.787. The number of rotatable bonds is 7. The van der Waals surface area contributed by atoms with Crippen molar-refractivity contribution in [2.24, 2.45) is 7.05 Å². The molecule has 0 saturated carbocycles. The Morgan fingerprint density at radius 1 is 1.35 bits per heavy atom. The van der Waals surface area contributed by atoms with Crippen LogP contribution in [0.1, 0.15) is 17.8 Å². The van der Waals surface area contributed by atoms with Crippen molar-refractivity contribution >= 4 is 16.0 Å². The van der Waals surface area contributed by atoms with Crippen molar-refractivity contribution in [1.29, 1.82) is 0 Å². The molecule has 7 nitrogen and oxygen atoms in total. The first-order valence-electron chi connectivity index (χ1n) is 7.08. The fourth-order valence-electron chi connectivity index (χ4n) is 2.17. The Labute approximate surface area is 135 Å². The van der Waals surface area contributed by atoms with E-state index in [4.69, 9.17) is 0 Å². The van der Waals surface area contributed by atoms with Crippen LogP contribution in [-0.4, -0.2) is 35.1 Å². The van der Waals surface area contributed by atoms with Crippen LogP contribution in [-0.2, 0) is 28.3 Å². The molecule has 0 unspecified atom stereocenters. The van der Waals surface area contributed by atoms with Gasteiger partial charge >= 0.3 is 5.97 Å². The number of hydrogen-bond acceptors (Lipinski definition) is 4. The van der Waals surface area contributed by atoms with Crippen molar-refractivity contribution in [2.45, 2.75) is 30.8 Å². The summed E-state index contributed by atoms with van der Waals surface area (Å²) in [4.78, 5) is 15.3. The molecule has 0 radical (unpaired) electrons. The van der Waals surface area contributed by atoms with Gasteiger partial charge in [0.15, 0.2) is 5.03 Å². The van der Waals surface area contributed by atoms with Crippen LogP contribution in [0.4, 0.5) is 0 Å². The fraction of sp³-hybridized carbons (Fsp3) is 0.333. The van der Waals surface area contributed by atoms with E-state index in [1.165, 1.54) is 10.8 Å². The van der Waals surface area contributed by atoms with E-state index in [1.54, 1.807) is 14.0 Å². The lowest BCUT2D eigenvalue weighted by atomic mass is 10.1. The molecule has 0 aliphatic heterocycles. The Bertz CT molecular complexity index is 784. The molecule has 1 heterocycles. The largest absolute Gasteiger partial charge is 0.480 e. The van der Waals surface area contributed by atoms with E-state index in [0.717, 1.165) is 5.56 Å². The lowest BCUT2D eigenvalue weighted by Gasteiger charge is -2.15. The van der Waals surface area contributed by atoms with E-state index in [0.29, 0.717) is 12.2 Å². The lowest BCUT2D eigenvalue weighted by molar-refractivity contribution is -0.139. The van der Waals surface area contributed by atoms with Crippen molar-refractivity contribution in [3.63, 3.8) is 0 Å². The summed E-state index contributed by atoms with van der Waals surface area (Å²) < 4.78 is 28.4. The number of carboxylic acid groups (broad SMARTS) is 1. The van der Waals surface area contributed by atoms with Crippen LogP contribution in [0.5, 0.6) is 0 Å². The molecule has 0 spiro atoms. The molecular formula is C15H19N3O4S. The lowest BCUT2D eigenvalue weighted by Crippen LogP contribution is -2.41. The zero-order chi connectivity index (χ0) is 17.0. The normalized spacial score (nSPS) is 13.0.